The fourth-order valence-corrected chi connectivity index (χ4v) is 3.09. The van der Waals surface area contributed by atoms with Gasteiger partial charge in [-0.3, -0.25) is 4.79 Å². The molecule has 1 aliphatic carbocycles. The first-order valence-electron chi connectivity index (χ1n) is 6.46. The summed E-state index contributed by atoms with van der Waals surface area (Å²) in [5, 5.41) is -0.190. The first kappa shape index (κ1) is 16.7. The summed E-state index contributed by atoms with van der Waals surface area (Å²) < 4.78 is 52.1. The molecule has 0 saturated heterocycles. The van der Waals surface area contributed by atoms with Gasteiger partial charge in [0.25, 0.3) is 0 Å². The van der Waals surface area contributed by atoms with Crippen LogP contribution in [0.5, 0.6) is 0 Å². The average molecular weight is 388 g/mol. The molecule has 0 spiro atoms. The van der Waals surface area contributed by atoms with Gasteiger partial charge in [-0.1, -0.05) is 11.6 Å². The number of ketones is 1. The molecule has 1 saturated carbocycles. The molecule has 0 aromatic heterocycles. The Morgan fingerprint density at radius 2 is 1.76 bits per heavy atom. The predicted octanol–water partition coefficient (Wildman–Crippen LogP) is 5.79. The van der Waals surface area contributed by atoms with E-state index in [0.29, 0.717) is 4.47 Å². The summed E-state index contributed by atoms with van der Waals surface area (Å²) in [6.07, 6.45) is -4.16. The molecule has 1 aromatic rings. The molecule has 1 nitrogen and oxygen atoms in total. The van der Waals surface area contributed by atoms with Crippen molar-refractivity contribution in [2.45, 2.75) is 31.9 Å². The van der Waals surface area contributed by atoms with Crippen LogP contribution in [-0.4, -0.2) is 12.0 Å². The minimum Gasteiger partial charge on any atom is -0.294 e. The fraction of sp³-hybridized carbons (Fsp3) is 0.500. The van der Waals surface area contributed by atoms with E-state index in [1.807, 2.05) is 0 Å². The van der Waals surface area contributed by atoms with Gasteiger partial charge in [0, 0.05) is 10.4 Å². The van der Waals surface area contributed by atoms with Crippen LogP contribution < -0.4 is 0 Å². The Kier molecular flexibility index (Phi) is 4.98. The second-order valence-electron chi connectivity index (χ2n) is 5.18. The molecule has 1 aliphatic rings. The highest BCUT2D eigenvalue weighted by molar-refractivity contribution is 9.10. The number of hydrogen-bond acceptors (Lipinski definition) is 1. The van der Waals surface area contributed by atoms with E-state index in [9.17, 15) is 22.4 Å². The standard InChI is InChI=1S/C14H12BrClF4O/c15-10-6-5-9(12(17)11(10)16)13(21)7-1-3-8(4-2-7)14(18,19)20/h5-8H,1-4H2. The van der Waals surface area contributed by atoms with Gasteiger partial charge in [0.15, 0.2) is 11.6 Å². The Morgan fingerprint density at radius 3 is 2.29 bits per heavy atom. The van der Waals surface area contributed by atoms with Crippen LogP contribution >= 0.6 is 27.5 Å². The third-order valence-corrected chi connectivity index (χ3v) is 5.12. The van der Waals surface area contributed by atoms with Crippen molar-refractivity contribution in [2.75, 3.05) is 0 Å². The number of Topliss-reactive ketones (excluding diaryl/α,β-unsaturated/α-hetero) is 1. The molecule has 0 aliphatic heterocycles. The summed E-state index contributed by atoms with van der Waals surface area (Å²) in [5.74, 6) is -3.23. The van der Waals surface area contributed by atoms with E-state index < -0.39 is 29.6 Å². The number of carbonyl (C=O) groups is 1. The molecule has 0 N–H and O–H groups in total. The van der Waals surface area contributed by atoms with Crippen molar-refractivity contribution < 1.29 is 22.4 Å². The maximum absolute atomic E-state index is 14.0. The van der Waals surface area contributed by atoms with Gasteiger partial charge in [0.2, 0.25) is 0 Å². The lowest BCUT2D eigenvalue weighted by Gasteiger charge is -2.29. The Morgan fingerprint density at radius 1 is 1.19 bits per heavy atom. The summed E-state index contributed by atoms with van der Waals surface area (Å²) in [5.41, 5.74) is -0.154. The first-order chi connectivity index (χ1) is 9.71. The van der Waals surface area contributed by atoms with E-state index in [1.54, 1.807) is 0 Å². The molecule has 0 radical (unpaired) electrons. The molecule has 1 fully saturated rings. The van der Waals surface area contributed by atoms with Gasteiger partial charge in [-0.15, -0.1) is 0 Å². The molecule has 21 heavy (non-hydrogen) atoms. The van der Waals surface area contributed by atoms with Gasteiger partial charge in [-0.2, -0.15) is 13.2 Å². The van der Waals surface area contributed by atoms with Crippen LogP contribution in [0.4, 0.5) is 17.6 Å². The first-order valence-corrected chi connectivity index (χ1v) is 7.63. The largest absolute Gasteiger partial charge is 0.391 e. The highest BCUT2D eigenvalue weighted by atomic mass is 79.9. The Labute approximate surface area is 132 Å². The average Bonchev–Trinajstić information content (AvgIpc) is 2.43. The smallest absolute Gasteiger partial charge is 0.294 e. The van der Waals surface area contributed by atoms with Crippen molar-refractivity contribution in [3.63, 3.8) is 0 Å². The number of halogens is 6. The van der Waals surface area contributed by atoms with Crippen molar-refractivity contribution >= 4 is 33.3 Å². The van der Waals surface area contributed by atoms with Crippen LogP contribution in [0.2, 0.25) is 5.02 Å². The van der Waals surface area contributed by atoms with Gasteiger partial charge in [0.1, 0.15) is 0 Å². The number of rotatable bonds is 2. The summed E-state index contributed by atoms with van der Waals surface area (Å²) in [7, 11) is 0. The molecule has 0 bridgehead atoms. The van der Waals surface area contributed by atoms with Gasteiger partial charge in [-0.05, 0) is 53.7 Å². The van der Waals surface area contributed by atoms with Crippen LogP contribution in [0, 0.1) is 17.7 Å². The predicted molar refractivity (Wildman–Crippen MR) is 74.9 cm³/mol. The van der Waals surface area contributed by atoms with Gasteiger partial charge < -0.3 is 0 Å². The van der Waals surface area contributed by atoms with E-state index in [1.165, 1.54) is 12.1 Å². The molecule has 0 amide bonds. The Balaban J connectivity index is 2.11. The highest BCUT2D eigenvalue weighted by Gasteiger charge is 2.42. The zero-order valence-electron chi connectivity index (χ0n) is 10.8. The molecule has 0 unspecified atom stereocenters. The monoisotopic (exact) mass is 386 g/mol. The molecule has 116 valence electrons. The molecule has 2 rings (SSSR count). The van der Waals surface area contributed by atoms with Gasteiger partial charge in [-0.25, -0.2) is 4.39 Å². The third kappa shape index (κ3) is 3.59. The maximum atomic E-state index is 14.0. The summed E-state index contributed by atoms with van der Waals surface area (Å²) in [6.45, 7) is 0. The van der Waals surface area contributed by atoms with Crippen molar-refractivity contribution in [1.29, 1.82) is 0 Å². The zero-order valence-corrected chi connectivity index (χ0v) is 13.2. The molecule has 1 aromatic carbocycles. The number of hydrogen-bond donors (Lipinski definition) is 0. The minimum absolute atomic E-state index is 0.0915. The third-order valence-electron chi connectivity index (χ3n) is 3.86. The lowest BCUT2D eigenvalue weighted by Crippen LogP contribution is -2.30. The zero-order chi connectivity index (χ0) is 15.8. The van der Waals surface area contributed by atoms with Crippen molar-refractivity contribution in [1.82, 2.24) is 0 Å². The molecule has 0 heterocycles. The van der Waals surface area contributed by atoms with Gasteiger partial charge >= 0.3 is 6.18 Å². The van der Waals surface area contributed by atoms with Crippen LogP contribution in [0.1, 0.15) is 36.0 Å². The van der Waals surface area contributed by atoms with E-state index in [4.69, 9.17) is 11.6 Å². The van der Waals surface area contributed by atoms with Crippen molar-refractivity contribution in [2.24, 2.45) is 11.8 Å². The molecule has 0 atom stereocenters. The maximum Gasteiger partial charge on any atom is 0.391 e. The highest BCUT2D eigenvalue weighted by Crippen LogP contribution is 2.41. The molecular formula is C14H12BrClF4O. The normalized spacial score (nSPS) is 23.1. The topological polar surface area (TPSA) is 17.1 Å². The second kappa shape index (κ2) is 6.24. The van der Waals surface area contributed by atoms with E-state index in [-0.39, 0.29) is 36.3 Å². The SMILES string of the molecule is O=C(c1ccc(Br)c(Cl)c1F)C1CCC(C(F)(F)F)CC1. The number of benzene rings is 1. The van der Waals surface area contributed by atoms with Crippen LogP contribution in [-0.2, 0) is 0 Å². The van der Waals surface area contributed by atoms with Gasteiger partial charge in [0.05, 0.1) is 16.5 Å². The van der Waals surface area contributed by atoms with E-state index >= 15 is 0 Å². The fourth-order valence-electron chi connectivity index (χ4n) is 2.62. The Hall–Kier alpha value is -0.620. The lowest BCUT2D eigenvalue weighted by molar-refractivity contribution is -0.183. The van der Waals surface area contributed by atoms with E-state index in [2.05, 4.69) is 15.9 Å². The summed E-state index contributed by atoms with van der Waals surface area (Å²) in [4.78, 5) is 12.2. The number of alkyl halides is 3. The minimum atomic E-state index is -4.22. The van der Waals surface area contributed by atoms with Crippen LogP contribution in [0.3, 0.4) is 0 Å². The Bertz CT molecular complexity index is 551. The van der Waals surface area contributed by atoms with Crippen molar-refractivity contribution in [3.8, 4) is 0 Å². The lowest BCUT2D eigenvalue weighted by atomic mass is 9.78. The summed E-state index contributed by atoms with van der Waals surface area (Å²) >= 11 is 8.77. The summed E-state index contributed by atoms with van der Waals surface area (Å²) in [6, 6.07) is 2.77. The quantitative estimate of drug-likeness (QED) is 0.356. The molecular weight excluding hydrogens is 376 g/mol. The van der Waals surface area contributed by atoms with E-state index in [0.717, 1.165) is 0 Å². The van der Waals surface area contributed by atoms with Crippen LogP contribution in [0.25, 0.3) is 0 Å². The number of carbonyl (C=O) groups excluding carboxylic acids is 1. The van der Waals surface area contributed by atoms with Crippen LogP contribution in [0.15, 0.2) is 16.6 Å². The second-order valence-corrected chi connectivity index (χ2v) is 6.41. The molecule has 7 heteroatoms. The van der Waals surface area contributed by atoms with Crippen molar-refractivity contribution in [3.05, 3.63) is 33.0 Å².